The van der Waals surface area contributed by atoms with E-state index in [1.165, 1.54) is 10.7 Å². The van der Waals surface area contributed by atoms with Crippen molar-refractivity contribution in [3.05, 3.63) is 63.3 Å². The summed E-state index contributed by atoms with van der Waals surface area (Å²) in [7, 11) is 3.27. The number of hydrogen-bond donors (Lipinski definition) is 1. The Morgan fingerprint density at radius 1 is 1.13 bits per heavy atom. The number of nitrogens with zero attached hydrogens (tertiary/aromatic N) is 2. The van der Waals surface area contributed by atoms with Crippen LogP contribution in [0.15, 0.2) is 36.4 Å². The van der Waals surface area contributed by atoms with Crippen LogP contribution in [0.3, 0.4) is 0 Å². The molecule has 0 saturated heterocycles. The lowest BCUT2D eigenvalue weighted by Crippen LogP contribution is -2.03. The lowest BCUT2D eigenvalue weighted by molar-refractivity contribution is -0.136. The van der Waals surface area contributed by atoms with Crippen LogP contribution in [-0.2, 0) is 24.9 Å². The number of carbonyl (C=O) groups is 1. The van der Waals surface area contributed by atoms with E-state index in [2.05, 4.69) is 5.10 Å². The summed E-state index contributed by atoms with van der Waals surface area (Å²) in [6, 6.07) is 10.5. The first-order valence-corrected chi connectivity index (χ1v) is 9.71. The molecule has 1 aromatic heterocycles. The van der Waals surface area contributed by atoms with Crippen molar-refractivity contribution in [1.82, 2.24) is 9.78 Å². The zero-order valence-electron chi connectivity index (χ0n) is 16.6. The summed E-state index contributed by atoms with van der Waals surface area (Å²) in [6.45, 7) is 2.00. The van der Waals surface area contributed by atoms with Crippen molar-refractivity contribution in [2.24, 2.45) is 7.05 Å². The van der Waals surface area contributed by atoms with Crippen molar-refractivity contribution in [3.63, 3.8) is 0 Å². The summed E-state index contributed by atoms with van der Waals surface area (Å²) < 4.78 is 18.4. The van der Waals surface area contributed by atoms with Gasteiger partial charge in [0.25, 0.3) is 0 Å². The van der Waals surface area contributed by atoms with E-state index in [-0.39, 0.29) is 23.8 Å². The minimum absolute atomic E-state index is 0.221. The summed E-state index contributed by atoms with van der Waals surface area (Å²) in [6.07, 6.45) is -0.221. The lowest BCUT2D eigenvalue weighted by Gasteiger charge is -2.14. The molecule has 0 radical (unpaired) electrons. The molecule has 158 valence electrons. The number of ether oxygens (including phenoxy) is 3. The Hall–Kier alpha value is -2.90. The van der Waals surface area contributed by atoms with Crippen LogP contribution in [0.2, 0.25) is 10.0 Å². The van der Waals surface area contributed by atoms with Crippen molar-refractivity contribution in [2.45, 2.75) is 20.0 Å². The van der Waals surface area contributed by atoms with E-state index >= 15 is 0 Å². The van der Waals surface area contributed by atoms with Gasteiger partial charge in [0.05, 0.1) is 29.3 Å². The van der Waals surface area contributed by atoms with E-state index < -0.39 is 5.97 Å². The van der Waals surface area contributed by atoms with E-state index in [4.69, 9.17) is 37.4 Å². The van der Waals surface area contributed by atoms with Crippen LogP contribution in [0.25, 0.3) is 0 Å². The average molecular weight is 451 g/mol. The Kier molecular flexibility index (Phi) is 6.74. The van der Waals surface area contributed by atoms with Crippen molar-refractivity contribution >= 4 is 29.2 Å². The molecule has 1 heterocycles. The fourth-order valence-electron chi connectivity index (χ4n) is 2.85. The zero-order chi connectivity index (χ0) is 21.8. The molecule has 0 aliphatic rings. The smallest absolute Gasteiger partial charge is 0.308 e. The number of rotatable bonds is 8. The van der Waals surface area contributed by atoms with Crippen LogP contribution in [0.5, 0.6) is 23.1 Å². The van der Waals surface area contributed by atoms with Crippen LogP contribution >= 0.6 is 23.2 Å². The highest BCUT2D eigenvalue weighted by Crippen LogP contribution is 2.39. The highest BCUT2D eigenvalue weighted by molar-refractivity contribution is 6.36. The van der Waals surface area contributed by atoms with Crippen LogP contribution in [0.1, 0.15) is 16.8 Å². The quantitative estimate of drug-likeness (QED) is 0.517. The summed E-state index contributed by atoms with van der Waals surface area (Å²) in [5.41, 5.74) is 1.96. The number of aromatic nitrogens is 2. The molecule has 9 heteroatoms. The Morgan fingerprint density at radius 3 is 2.43 bits per heavy atom. The van der Waals surface area contributed by atoms with Gasteiger partial charge in [0.15, 0.2) is 5.75 Å². The van der Waals surface area contributed by atoms with E-state index in [1.807, 2.05) is 24.3 Å². The first-order chi connectivity index (χ1) is 14.3. The van der Waals surface area contributed by atoms with Gasteiger partial charge in [-0.1, -0.05) is 35.3 Å². The fourth-order valence-corrected chi connectivity index (χ4v) is 3.33. The highest BCUT2D eigenvalue weighted by atomic mass is 35.5. The fraction of sp³-hybridized carbons (Fsp3) is 0.238. The zero-order valence-corrected chi connectivity index (χ0v) is 18.1. The molecule has 0 fully saturated rings. The van der Waals surface area contributed by atoms with Gasteiger partial charge >= 0.3 is 5.97 Å². The Bertz CT molecular complexity index is 1060. The monoisotopic (exact) mass is 450 g/mol. The normalized spacial score (nSPS) is 10.7. The molecule has 3 rings (SSSR count). The minimum atomic E-state index is -0.985. The van der Waals surface area contributed by atoms with Gasteiger partial charge in [-0.15, -0.1) is 0 Å². The molecule has 0 aliphatic carbocycles. The molecule has 7 nitrogen and oxygen atoms in total. The van der Waals surface area contributed by atoms with Gasteiger partial charge in [0.1, 0.15) is 18.1 Å². The number of halogens is 2. The average Bonchev–Trinajstić information content (AvgIpc) is 2.95. The highest BCUT2D eigenvalue weighted by Gasteiger charge is 2.20. The van der Waals surface area contributed by atoms with Crippen molar-refractivity contribution < 1.29 is 24.1 Å². The molecule has 1 N–H and O–H groups in total. The van der Waals surface area contributed by atoms with E-state index in [0.29, 0.717) is 27.9 Å². The van der Waals surface area contributed by atoms with Crippen molar-refractivity contribution in [1.29, 1.82) is 0 Å². The Labute approximate surface area is 183 Å². The van der Waals surface area contributed by atoms with E-state index in [1.54, 1.807) is 27.1 Å². The third kappa shape index (κ3) is 4.98. The van der Waals surface area contributed by atoms with Gasteiger partial charge in [-0.3, -0.25) is 4.79 Å². The van der Waals surface area contributed by atoms with Crippen LogP contribution in [0, 0.1) is 6.92 Å². The maximum Gasteiger partial charge on any atom is 0.308 e. The second-order valence-electron chi connectivity index (χ2n) is 6.52. The first kappa shape index (κ1) is 21.8. The maximum atomic E-state index is 11.2. The first-order valence-electron chi connectivity index (χ1n) is 8.95. The van der Waals surface area contributed by atoms with Crippen molar-refractivity contribution in [2.75, 3.05) is 7.11 Å². The lowest BCUT2D eigenvalue weighted by atomic mass is 10.2. The van der Waals surface area contributed by atoms with Crippen LogP contribution in [0.4, 0.5) is 0 Å². The molecule has 0 spiro atoms. The molecule has 0 atom stereocenters. The van der Waals surface area contributed by atoms with Gasteiger partial charge in [0, 0.05) is 18.7 Å². The molecule has 0 unspecified atom stereocenters. The summed E-state index contributed by atoms with van der Waals surface area (Å²) >= 11 is 12.6. The number of carboxylic acids is 1. The van der Waals surface area contributed by atoms with Crippen LogP contribution < -0.4 is 14.2 Å². The number of hydrogen-bond acceptors (Lipinski definition) is 5. The van der Waals surface area contributed by atoms with E-state index in [9.17, 15) is 9.90 Å². The standard InChI is InChI=1S/C21H20Cl2N2O5/c1-12-15(8-20(26)27)21(25(2)24-12)30-19-10-18(16(22)9-17(19)23)29-11-13-4-6-14(28-3)7-5-13/h4-7,9-10H,8,11H2,1-3H3,(H,26,27). The Balaban J connectivity index is 1.84. The third-order valence-electron chi connectivity index (χ3n) is 4.36. The van der Waals surface area contributed by atoms with Gasteiger partial charge in [-0.05, 0) is 30.7 Å². The molecular weight excluding hydrogens is 431 g/mol. The SMILES string of the molecule is COc1ccc(COc2cc(Oc3c(CC(=O)O)c(C)nn3C)c(Cl)cc2Cl)cc1. The molecule has 2 aromatic carbocycles. The summed E-state index contributed by atoms with van der Waals surface area (Å²) in [5, 5.41) is 14.0. The van der Waals surface area contributed by atoms with Crippen LogP contribution in [-0.4, -0.2) is 28.0 Å². The van der Waals surface area contributed by atoms with Gasteiger partial charge in [-0.2, -0.15) is 5.10 Å². The number of carboxylic acid groups (broad SMARTS) is 1. The summed E-state index contributed by atoms with van der Waals surface area (Å²) in [4.78, 5) is 11.2. The number of methoxy groups -OCH3 is 1. The second-order valence-corrected chi connectivity index (χ2v) is 7.33. The number of benzene rings is 2. The predicted octanol–water partition coefficient (Wildman–Crippen LogP) is 5.04. The molecule has 0 bridgehead atoms. The topological polar surface area (TPSA) is 82.8 Å². The Morgan fingerprint density at radius 2 is 1.80 bits per heavy atom. The largest absolute Gasteiger partial charge is 0.497 e. The summed E-state index contributed by atoms with van der Waals surface area (Å²) in [5.74, 6) is 0.718. The minimum Gasteiger partial charge on any atom is -0.497 e. The van der Waals surface area contributed by atoms with Crippen molar-refractivity contribution in [3.8, 4) is 23.1 Å². The number of aryl methyl sites for hydroxylation is 2. The van der Waals surface area contributed by atoms with Gasteiger partial charge < -0.3 is 19.3 Å². The molecule has 30 heavy (non-hydrogen) atoms. The number of aliphatic carboxylic acids is 1. The third-order valence-corrected chi connectivity index (χ3v) is 4.95. The molecule has 0 saturated carbocycles. The molecular formula is C21H20Cl2N2O5. The van der Waals surface area contributed by atoms with Gasteiger partial charge in [0.2, 0.25) is 5.88 Å². The van der Waals surface area contributed by atoms with E-state index in [0.717, 1.165) is 11.3 Å². The van der Waals surface area contributed by atoms with Gasteiger partial charge in [-0.25, -0.2) is 4.68 Å². The molecule has 0 amide bonds. The molecule has 3 aromatic rings. The maximum absolute atomic E-state index is 11.2. The second kappa shape index (κ2) is 9.28. The predicted molar refractivity (Wildman–Crippen MR) is 113 cm³/mol. The molecule has 0 aliphatic heterocycles.